The van der Waals surface area contributed by atoms with Gasteiger partial charge in [-0.25, -0.2) is 8.42 Å². The van der Waals surface area contributed by atoms with Crippen LogP contribution >= 0.6 is 0 Å². The van der Waals surface area contributed by atoms with E-state index in [-0.39, 0.29) is 5.69 Å². The van der Waals surface area contributed by atoms with Crippen LogP contribution in [-0.2, 0) is 23.2 Å². The maximum atomic E-state index is 12.6. The fourth-order valence-electron chi connectivity index (χ4n) is 1.80. The summed E-state index contributed by atoms with van der Waals surface area (Å²) in [5, 5.41) is 3.42. The molecule has 2 rings (SSSR count). The molecule has 1 aromatic heterocycles. The maximum absolute atomic E-state index is 12.6. The van der Waals surface area contributed by atoms with Gasteiger partial charge >= 0.3 is 6.18 Å². The van der Waals surface area contributed by atoms with Crippen molar-refractivity contribution in [3.63, 3.8) is 0 Å². The first-order valence-electron chi connectivity index (χ1n) is 5.76. The lowest BCUT2D eigenvalue weighted by atomic mass is 10.1. The Kier molecular flexibility index (Phi) is 3.70. The summed E-state index contributed by atoms with van der Waals surface area (Å²) in [6.07, 6.45) is -3.49. The first kappa shape index (κ1) is 15.4. The van der Waals surface area contributed by atoms with E-state index in [1.54, 1.807) is 0 Å². The van der Waals surface area contributed by atoms with Gasteiger partial charge in [0.25, 0.3) is 0 Å². The Morgan fingerprint density at radius 2 is 1.76 bits per heavy atom. The summed E-state index contributed by atoms with van der Waals surface area (Å²) in [5.74, 6) is 0. The van der Waals surface area contributed by atoms with E-state index in [0.29, 0.717) is 11.3 Å². The third-order valence-electron chi connectivity index (χ3n) is 2.65. The van der Waals surface area contributed by atoms with Crippen LogP contribution in [0.3, 0.4) is 0 Å². The van der Waals surface area contributed by atoms with Gasteiger partial charge in [0, 0.05) is 12.7 Å². The van der Waals surface area contributed by atoms with Gasteiger partial charge in [-0.15, -0.1) is 0 Å². The molecule has 114 valence electrons. The van der Waals surface area contributed by atoms with Crippen molar-refractivity contribution in [2.45, 2.75) is 6.18 Å². The number of aryl methyl sites for hydroxylation is 1. The highest BCUT2D eigenvalue weighted by Crippen LogP contribution is 2.31. The molecule has 0 saturated heterocycles. The molecule has 0 atom stereocenters. The Morgan fingerprint density at radius 3 is 2.19 bits per heavy atom. The predicted octanol–water partition coefficient (Wildman–Crippen LogP) is 2.48. The van der Waals surface area contributed by atoms with Gasteiger partial charge in [0.15, 0.2) is 5.69 Å². The number of halogens is 3. The molecule has 0 aliphatic heterocycles. The number of hydrogen-bond donors (Lipinski definition) is 1. The molecule has 2 aromatic rings. The first-order valence-corrected chi connectivity index (χ1v) is 7.65. The van der Waals surface area contributed by atoms with E-state index in [4.69, 9.17) is 0 Å². The van der Waals surface area contributed by atoms with E-state index in [0.717, 1.165) is 17.0 Å². The summed E-state index contributed by atoms with van der Waals surface area (Å²) in [6, 6.07) is 6.92. The Labute approximate surface area is 119 Å². The zero-order chi connectivity index (χ0) is 15.8. The summed E-state index contributed by atoms with van der Waals surface area (Å²) in [6.45, 7) is 0. The van der Waals surface area contributed by atoms with Crippen molar-refractivity contribution in [1.82, 2.24) is 9.78 Å². The molecule has 0 radical (unpaired) electrons. The van der Waals surface area contributed by atoms with Gasteiger partial charge < -0.3 is 0 Å². The largest absolute Gasteiger partial charge is 0.435 e. The van der Waals surface area contributed by atoms with Gasteiger partial charge in [-0.3, -0.25) is 9.40 Å². The fourth-order valence-corrected chi connectivity index (χ4v) is 2.36. The first-order chi connectivity index (χ1) is 9.56. The number of sulfonamides is 1. The number of aromatic nitrogens is 2. The van der Waals surface area contributed by atoms with E-state index < -0.39 is 21.9 Å². The number of benzene rings is 1. The SMILES string of the molecule is Cn1nc(C(F)(F)F)cc1-c1ccc(NS(C)(=O)=O)cc1. The minimum Gasteiger partial charge on any atom is -0.284 e. The van der Waals surface area contributed by atoms with Gasteiger partial charge in [0.1, 0.15) is 0 Å². The summed E-state index contributed by atoms with van der Waals surface area (Å²) in [7, 11) is -1.98. The Morgan fingerprint density at radius 1 is 1.19 bits per heavy atom. The lowest BCUT2D eigenvalue weighted by Gasteiger charge is -2.05. The minimum atomic E-state index is -4.51. The smallest absolute Gasteiger partial charge is 0.284 e. The second-order valence-corrected chi connectivity index (χ2v) is 6.24. The predicted molar refractivity (Wildman–Crippen MR) is 72.1 cm³/mol. The monoisotopic (exact) mass is 319 g/mol. The van der Waals surface area contributed by atoms with Crippen LogP contribution < -0.4 is 4.72 Å². The van der Waals surface area contributed by atoms with Gasteiger partial charge in [-0.2, -0.15) is 18.3 Å². The van der Waals surface area contributed by atoms with Crippen LogP contribution in [0.15, 0.2) is 30.3 Å². The molecule has 1 heterocycles. The molecule has 5 nitrogen and oxygen atoms in total. The molecule has 0 saturated carbocycles. The molecule has 0 unspecified atom stereocenters. The maximum Gasteiger partial charge on any atom is 0.435 e. The van der Waals surface area contributed by atoms with Gasteiger partial charge in [0.2, 0.25) is 10.0 Å². The standard InChI is InChI=1S/C12H12F3N3O2S/c1-18-10(7-11(16-18)12(13,14)15)8-3-5-9(6-4-8)17-21(2,19)20/h3-7,17H,1-2H3. The fraction of sp³-hybridized carbons (Fsp3) is 0.250. The molecule has 1 aromatic carbocycles. The number of anilines is 1. The van der Waals surface area contributed by atoms with Gasteiger partial charge in [-0.1, -0.05) is 12.1 Å². The van der Waals surface area contributed by atoms with Gasteiger partial charge in [-0.05, 0) is 23.8 Å². The van der Waals surface area contributed by atoms with Crippen LogP contribution in [0.2, 0.25) is 0 Å². The number of nitrogens with one attached hydrogen (secondary N) is 1. The Hall–Kier alpha value is -2.03. The minimum absolute atomic E-state index is 0.285. The topological polar surface area (TPSA) is 64.0 Å². The second-order valence-electron chi connectivity index (χ2n) is 4.49. The molecule has 21 heavy (non-hydrogen) atoms. The number of rotatable bonds is 3. The normalized spacial score (nSPS) is 12.4. The van der Waals surface area contributed by atoms with Crippen molar-refractivity contribution < 1.29 is 21.6 Å². The molecule has 0 bridgehead atoms. The molecule has 0 aliphatic carbocycles. The summed E-state index contributed by atoms with van der Waals surface area (Å²) < 4.78 is 63.3. The number of alkyl halides is 3. The molecule has 1 N–H and O–H groups in total. The van der Waals surface area contributed by atoms with Crippen molar-refractivity contribution in [3.05, 3.63) is 36.0 Å². The number of hydrogen-bond acceptors (Lipinski definition) is 3. The lowest BCUT2D eigenvalue weighted by molar-refractivity contribution is -0.141. The van der Waals surface area contributed by atoms with E-state index in [1.165, 1.54) is 31.3 Å². The van der Waals surface area contributed by atoms with Gasteiger partial charge in [0.05, 0.1) is 11.9 Å². The molecule has 9 heteroatoms. The molecular formula is C12H12F3N3O2S. The van der Waals surface area contributed by atoms with Crippen LogP contribution in [-0.4, -0.2) is 24.5 Å². The highest BCUT2D eigenvalue weighted by molar-refractivity contribution is 7.92. The van der Waals surface area contributed by atoms with Crippen LogP contribution in [0, 0.1) is 0 Å². The van der Waals surface area contributed by atoms with Crippen LogP contribution in [0.1, 0.15) is 5.69 Å². The van der Waals surface area contributed by atoms with Crippen molar-refractivity contribution in [1.29, 1.82) is 0 Å². The average molecular weight is 319 g/mol. The molecule has 0 fully saturated rings. The zero-order valence-corrected chi connectivity index (χ0v) is 12.0. The molecule has 0 spiro atoms. The van der Waals surface area contributed by atoms with E-state index in [1.807, 2.05) is 0 Å². The summed E-state index contributed by atoms with van der Waals surface area (Å²) >= 11 is 0. The number of nitrogens with zero attached hydrogens (tertiary/aromatic N) is 2. The molecule has 0 aliphatic rings. The van der Waals surface area contributed by atoms with E-state index in [2.05, 4.69) is 9.82 Å². The summed E-state index contributed by atoms with van der Waals surface area (Å²) in [4.78, 5) is 0. The molecule has 0 amide bonds. The average Bonchev–Trinajstić information content (AvgIpc) is 2.70. The lowest BCUT2D eigenvalue weighted by Crippen LogP contribution is -2.09. The zero-order valence-electron chi connectivity index (χ0n) is 11.1. The Balaban J connectivity index is 2.33. The van der Waals surface area contributed by atoms with Crippen molar-refractivity contribution >= 4 is 15.7 Å². The third kappa shape index (κ3) is 3.75. The van der Waals surface area contributed by atoms with Crippen molar-refractivity contribution in [2.75, 3.05) is 11.0 Å². The quantitative estimate of drug-likeness (QED) is 0.945. The van der Waals surface area contributed by atoms with Crippen LogP contribution in [0.25, 0.3) is 11.3 Å². The Bertz CT molecular complexity index is 749. The van der Waals surface area contributed by atoms with E-state index >= 15 is 0 Å². The summed E-state index contributed by atoms with van der Waals surface area (Å²) in [5.41, 5.74) is 0.144. The van der Waals surface area contributed by atoms with Crippen LogP contribution in [0.5, 0.6) is 0 Å². The van der Waals surface area contributed by atoms with Crippen molar-refractivity contribution in [3.8, 4) is 11.3 Å². The highest BCUT2D eigenvalue weighted by atomic mass is 32.2. The van der Waals surface area contributed by atoms with Crippen LogP contribution in [0.4, 0.5) is 18.9 Å². The second kappa shape index (κ2) is 5.06. The molecular weight excluding hydrogens is 307 g/mol. The third-order valence-corrected chi connectivity index (χ3v) is 3.26. The van der Waals surface area contributed by atoms with E-state index in [9.17, 15) is 21.6 Å². The highest BCUT2D eigenvalue weighted by Gasteiger charge is 2.34. The van der Waals surface area contributed by atoms with Crippen molar-refractivity contribution in [2.24, 2.45) is 7.05 Å².